The zero-order valence-electron chi connectivity index (χ0n) is 17.9. The summed E-state index contributed by atoms with van der Waals surface area (Å²) < 4.78 is 39.4. The highest BCUT2D eigenvalue weighted by molar-refractivity contribution is 6.02. The van der Waals surface area contributed by atoms with Crippen LogP contribution in [0.25, 0.3) is 0 Å². The van der Waals surface area contributed by atoms with Crippen LogP contribution in [0.3, 0.4) is 0 Å². The van der Waals surface area contributed by atoms with Crippen LogP contribution >= 0.6 is 0 Å². The number of nitrogens with zero attached hydrogens (tertiary/aromatic N) is 2. The Bertz CT molecular complexity index is 1000. The molecule has 0 radical (unpaired) electrons. The molecule has 1 saturated heterocycles. The van der Waals surface area contributed by atoms with Crippen LogP contribution in [-0.4, -0.2) is 35.8 Å². The molecule has 2 aromatic rings. The van der Waals surface area contributed by atoms with Gasteiger partial charge < -0.3 is 10.2 Å². The third kappa shape index (κ3) is 4.96. The van der Waals surface area contributed by atoms with Crippen molar-refractivity contribution in [2.45, 2.75) is 50.9 Å². The minimum Gasteiger partial charge on any atom is -0.323 e. The molecular formula is C24H26F3N3O2. The monoisotopic (exact) mass is 445 g/mol. The van der Waals surface area contributed by atoms with Gasteiger partial charge in [0.15, 0.2) is 0 Å². The first-order chi connectivity index (χ1) is 15.2. The average molecular weight is 445 g/mol. The molecule has 1 aliphatic carbocycles. The molecule has 1 aliphatic heterocycles. The maximum atomic E-state index is 13.1. The Labute approximate surface area is 185 Å². The molecule has 1 heterocycles. The van der Waals surface area contributed by atoms with E-state index < -0.39 is 11.7 Å². The minimum atomic E-state index is -4.41. The van der Waals surface area contributed by atoms with E-state index in [9.17, 15) is 22.8 Å². The highest BCUT2D eigenvalue weighted by atomic mass is 19.4. The molecule has 2 aromatic carbocycles. The Morgan fingerprint density at radius 3 is 2.59 bits per heavy atom. The van der Waals surface area contributed by atoms with E-state index in [-0.39, 0.29) is 30.4 Å². The van der Waals surface area contributed by atoms with Crippen LogP contribution in [0.4, 0.5) is 24.5 Å². The summed E-state index contributed by atoms with van der Waals surface area (Å²) in [6, 6.07) is 12.3. The number of benzene rings is 2. The molecule has 2 aliphatic rings. The maximum absolute atomic E-state index is 13.1. The van der Waals surface area contributed by atoms with Crippen molar-refractivity contribution in [1.29, 1.82) is 0 Å². The molecule has 32 heavy (non-hydrogen) atoms. The molecule has 4 rings (SSSR count). The van der Waals surface area contributed by atoms with Crippen LogP contribution in [0, 0.1) is 0 Å². The Morgan fingerprint density at radius 2 is 1.94 bits per heavy atom. The van der Waals surface area contributed by atoms with E-state index in [4.69, 9.17) is 0 Å². The van der Waals surface area contributed by atoms with Crippen molar-refractivity contribution < 1.29 is 22.8 Å². The van der Waals surface area contributed by atoms with E-state index in [0.717, 1.165) is 31.4 Å². The largest absolute Gasteiger partial charge is 0.416 e. The number of para-hydroxylation sites is 2. The van der Waals surface area contributed by atoms with E-state index in [1.54, 1.807) is 23.1 Å². The van der Waals surface area contributed by atoms with Gasteiger partial charge in [0.1, 0.15) is 0 Å². The lowest BCUT2D eigenvalue weighted by molar-refractivity contribution is -0.137. The average Bonchev–Trinajstić information content (AvgIpc) is 3.52. The van der Waals surface area contributed by atoms with Crippen molar-refractivity contribution in [2.24, 2.45) is 0 Å². The predicted molar refractivity (Wildman–Crippen MR) is 116 cm³/mol. The molecule has 0 aromatic heterocycles. The van der Waals surface area contributed by atoms with Gasteiger partial charge in [-0.2, -0.15) is 13.2 Å². The predicted octanol–water partition coefficient (Wildman–Crippen LogP) is 5.00. The number of rotatable bonds is 7. The fourth-order valence-corrected chi connectivity index (χ4v) is 4.23. The number of hydrogen-bond donors (Lipinski definition) is 1. The second-order valence-corrected chi connectivity index (χ2v) is 8.42. The number of alkyl halides is 3. The second-order valence-electron chi connectivity index (χ2n) is 8.42. The second kappa shape index (κ2) is 8.94. The van der Waals surface area contributed by atoms with E-state index >= 15 is 0 Å². The lowest BCUT2D eigenvalue weighted by Gasteiger charge is -2.29. The molecule has 0 bridgehead atoms. The first-order valence-corrected chi connectivity index (χ1v) is 10.9. The van der Waals surface area contributed by atoms with Crippen LogP contribution < -0.4 is 10.2 Å². The number of carbonyl (C=O) groups is 2. The molecule has 1 saturated carbocycles. The van der Waals surface area contributed by atoms with Crippen LogP contribution in [0.1, 0.15) is 49.8 Å². The standard InChI is InChI=1S/C24H26F3N3O2/c1-16(17-6-4-7-18(14-17)24(25,26)27)30(19-11-12-19)15-22(31)28-20-8-2-3-9-21(20)29-13-5-10-23(29)32/h2-4,6-9,14,16,19H,5,10-13,15H2,1H3,(H,28,31). The summed E-state index contributed by atoms with van der Waals surface area (Å²) in [5, 5.41) is 2.91. The minimum absolute atomic E-state index is 0.0319. The van der Waals surface area contributed by atoms with E-state index in [0.29, 0.717) is 29.9 Å². The molecule has 2 fully saturated rings. The third-order valence-corrected chi connectivity index (χ3v) is 6.08. The highest BCUT2D eigenvalue weighted by Crippen LogP contribution is 2.37. The molecular weight excluding hydrogens is 419 g/mol. The van der Waals surface area contributed by atoms with Crippen LogP contribution in [0.2, 0.25) is 0 Å². The Morgan fingerprint density at radius 1 is 1.19 bits per heavy atom. The van der Waals surface area contributed by atoms with Crippen molar-refractivity contribution in [3.05, 3.63) is 59.7 Å². The van der Waals surface area contributed by atoms with Gasteiger partial charge in [0.05, 0.1) is 23.5 Å². The lowest BCUT2D eigenvalue weighted by atomic mass is 10.0. The van der Waals surface area contributed by atoms with E-state index in [2.05, 4.69) is 5.32 Å². The zero-order valence-corrected chi connectivity index (χ0v) is 17.9. The van der Waals surface area contributed by atoms with Gasteiger partial charge in [0.2, 0.25) is 11.8 Å². The first kappa shape index (κ1) is 22.3. The van der Waals surface area contributed by atoms with Gasteiger partial charge >= 0.3 is 6.18 Å². The fraction of sp³-hybridized carbons (Fsp3) is 0.417. The molecule has 0 spiro atoms. The summed E-state index contributed by atoms with van der Waals surface area (Å²) in [6.07, 6.45) is -1.31. The van der Waals surface area contributed by atoms with Crippen LogP contribution in [0.15, 0.2) is 48.5 Å². The Kier molecular flexibility index (Phi) is 6.24. The number of amides is 2. The van der Waals surface area contributed by atoms with Gasteiger partial charge in [0.25, 0.3) is 0 Å². The molecule has 5 nitrogen and oxygen atoms in total. The van der Waals surface area contributed by atoms with E-state index in [1.165, 1.54) is 6.07 Å². The Balaban J connectivity index is 1.49. The summed E-state index contributed by atoms with van der Waals surface area (Å²) in [6.45, 7) is 2.51. The number of halogens is 3. The quantitative estimate of drug-likeness (QED) is 0.653. The Hall–Kier alpha value is -2.87. The molecule has 1 N–H and O–H groups in total. The van der Waals surface area contributed by atoms with E-state index in [1.807, 2.05) is 24.0 Å². The van der Waals surface area contributed by atoms with Gasteiger partial charge in [-0.05, 0) is 56.0 Å². The maximum Gasteiger partial charge on any atom is 0.416 e. The van der Waals surface area contributed by atoms with Crippen molar-refractivity contribution >= 4 is 23.2 Å². The number of anilines is 2. The van der Waals surface area contributed by atoms with Crippen molar-refractivity contribution in [1.82, 2.24) is 4.90 Å². The third-order valence-electron chi connectivity index (χ3n) is 6.08. The van der Waals surface area contributed by atoms with Gasteiger partial charge in [0, 0.05) is 25.0 Å². The topological polar surface area (TPSA) is 52.7 Å². The zero-order chi connectivity index (χ0) is 22.9. The molecule has 170 valence electrons. The first-order valence-electron chi connectivity index (χ1n) is 10.9. The summed E-state index contributed by atoms with van der Waals surface area (Å²) >= 11 is 0. The molecule has 1 atom stereocenters. The lowest BCUT2D eigenvalue weighted by Crippen LogP contribution is -2.37. The van der Waals surface area contributed by atoms with Gasteiger partial charge in [-0.3, -0.25) is 14.5 Å². The van der Waals surface area contributed by atoms with Gasteiger partial charge in [-0.1, -0.05) is 24.3 Å². The van der Waals surface area contributed by atoms with Crippen LogP contribution in [0.5, 0.6) is 0 Å². The number of carbonyl (C=O) groups excluding carboxylic acids is 2. The number of hydrogen-bond acceptors (Lipinski definition) is 3. The smallest absolute Gasteiger partial charge is 0.323 e. The summed E-state index contributed by atoms with van der Waals surface area (Å²) in [5.74, 6) is -0.223. The summed E-state index contributed by atoms with van der Waals surface area (Å²) in [4.78, 5) is 28.7. The van der Waals surface area contributed by atoms with Crippen molar-refractivity contribution in [2.75, 3.05) is 23.3 Å². The molecule has 1 unspecified atom stereocenters. The summed E-state index contributed by atoms with van der Waals surface area (Å²) in [7, 11) is 0. The van der Waals surface area contributed by atoms with Crippen molar-refractivity contribution in [3.8, 4) is 0 Å². The van der Waals surface area contributed by atoms with Crippen LogP contribution in [-0.2, 0) is 15.8 Å². The van der Waals surface area contributed by atoms with Gasteiger partial charge in [-0.15, -0.1) is 0 Å². The molecule has 8 heteroatoms. The molecule has 2 amide bonds. The SMILES string of the molecule is CC(c1cccc(C(F)(F)F)c1)N(CC(=O)Nc1ccccc1N1CCCC1=O)C1CC1. The van der Waals surface area contributed by atoms with Gasteiger partial charge in [-0.25, -0.2) is 0 Å². The normalized spacial score (nSPS) is 17.7. The fourth-order valence-electron chi connectivity index (χ4n) is 4.23. The number of nitrogens with one attached hydrogen (secondary N) is 1. The van der Waals surface area contributed by atoms with Crippen molar-refractivity contribution in [3.63, 3.8) is 0 Å². The highest BCUT2D eigenvalue weighted by Gasteiger charge is 2.36. The summed E-state index contributed by atoms with van der Waals surface area (Å²) in [5.41, 5.74) is 1.08.